The predicted molar refractivity (Wildman–Crippen MR) is 132 cm³/mol. The van der Waals surface area contributed by atoms with Crippen molar-refractivity contribution in [1.29, 1.82) is 0 Å². The van der Waals surface area contributed by atoms with E-state index in [-0.39, 0.29) is 50.2 Å². The Balaban J connectivity index is 1.69. The highest BCUT2D eigenvalue weighted by Crippen LogP contribution is 2.29. The molecule has 2 amide bonds. The largest absolute Gasteiger partial charge is 0.471 e. The van der Waals surface area contributed by atoms with Crippen molar-refractivity contribution in [3.63, 3.8) is 0 Å². The molecule has 0 spiro atoms. The van der Waals surface area contributed by atoms with Gasteiger partial charge < -0.3 is 15.4 Å². The average Bonchev–Trinajstić information content (AvgIpc) is 3.21. The number of ether oxygens (including phenoxy) is 1. The summed E-state index contributed by atoms with van der Waals surface area (Å²) >= 11 is 12.3. The zero-order valence-electron chi connectivity index (χ0n) is 19.0. The monoisotopic (exact) mass is 573 g/mol. The fourth-order valence-electron chi connectivity index (χ4n) is 3.56. The standard InChI is InChI=1S/C22H19Cl2F2N5O5S/c1-11-5-12(23)6-14(21(32)28-8-17(25)26)19(11)29-22(33)16-7-18(36-13-9-37(34,35)10-13)30-31(16)20-15(24)3-2-4-27-20/h2-7,13,17H,8-10H2,1H3,(H,28,32)(H,29,33). The van der Waals surface area contributed by atoms with Gasteiger partial charge in [-0.1, -0.05) is 23.2 Å². The summed E-state index contributed by atoms with van der Waals surface area (Å²) in [6.45, 7) is 0.685. The molecular weight excluding hydrogens is 555 g/mol. The van der Waals surface area contributed by atoms with Crippen molar-refractivity contribution < 1.29 is 31.5 Å². The molecule has 10 nitrogen and oxygen atoms in total. The number of amides is 2. The van der Waals surface area contributed by atoms with Crippen molar-refractivity contribution in [2.45, 2.75) is 19.5 Å². The Bertz CT molecular complexity index is 1470. The van der Waals surface area contributed by atoms with Crippen LogP contribution < -0.4 is 15.4 Å². The number of rotatable bonds is 8. The van der Waals surface area contributed by atoms with E-state index in [1.54, 1.807) is 13.0 Å². The summed E-state index contributed by atoms with van der Waals surface area (Å²) < 4.78 is 54.9. The first-order valence-corrected chi connectivity index (χ1v) is 13.3. The zero-order chi connectivity index (χ0) is 26.9. The highest BCUT2D eigenvalue weighted by molar-refractivity contribution is 7.92. The molecule has 3 aromatic rings. The van der Waals surface area contributed by atoms with Crippen LogP contribution in [-0.4, -0.2) is 65.6 Å². The molecular formula is C22H19Cl2F2N5O5S. The van der Waals surface area contributed by atoms with Gasteiger partial charge >= 0.3 is 0 Å². The van der Waals surface area contributed by atoms with Crippen LogP contribution in [0.15, 0.2) is 36.5 Å². The Labute approximate surface area is 219 Å². The minimum atomic E-state index is -3.17. The number of anilines is 1. The number of hydrogen-bond donors (Lipinski definition) is 2. The minimum Gasteiger partial charge on any atom is -0.471 e. The van der Waals surface area contributed by atoms with Gasteiger partial charge in [-0.2, -0.15) is 0 Å². The maximum atomic E-state index is 13.4. The van der Waals surface area contributed by atoms with Gasteiger partial charge in [-0.05, 0) is 36.8 Å². The van der Waals surface area contributed by atoms with Gasteiger partial charge in [0.15, 0.2) is 15.7 Å². The van der Waals surface area contributed by atoms with Crippen molar-refractivity contribution in [2.24, 2.45) is 0 Å². The van der Waals surface area contributed by atoms with Gasteiger partial charge in [-0.3, -0.25) is 9.59 Å². The molecule has 0 unspecified atom stereocenters. The first-order valence-electron chi connectivity index (χ1n) is 10.7. The lowest BCUT2D eigenvalue weighted by molar-refractivity contribution is 0.0892. The molecule has 0 atom stereocenters. The summed E-state index contributed by atoms with van der Waals surface area (Å²) in [4.78, 5) is 30.1. The van der Waals surface area contributed by atoms with E-state index in [1.165, 1.54) is 30.5 Å². The van der Waals surface area contributed by atoms with E-state index >= 15 is 0 Å². The molecule has 1 aliphatic heterocycles. The maximum Gasteiger partial charge on any atom is 0.274 e. The zero-order valence-corrected chi connectivity index (χ0v) is 21.4. The topological polar surface area (TPSA) is 132 Å². The summed E-state index contributed by atoms with van der Waals surface area (Å²) in [5, 5.41) is 9.23. The molecule has 1 saturated heterocycles. The van der Waals surface area contributed by atoms with Crippen molar-refractivity contribution in [3.05, 3.63) is 63.4 Å². The van der Waals surface area contributed by atoms with Crippen LogP contribution in [0.2, 0.25) is 10.0 Å². The Kier molecular flexibility index (Phi) is 7.67. The van der Waals surface area contributed by atoms with E-state index in [1.807, 2.05) is 0 Å². The first kappa shape index (κ1) is 26.8. The number of aromatic nitrogens is 3. The second kappa shape index (κ2) is 10.6. The van der Waals surface area contributed by atoms with Crippen molar-refractivity contribution in [2.75, 3.05) is 23.4 Å². The number of carbonyl (C=O) groups excluding carboxylic acids is 2. The van der Waals surface area contributed by atoms with Gasteiger partial charge in [-0.25, -0.2) is 26.9 Å². The third-order valence-electron chi connectivity index (χ3n) is 5.23. The fourth-order valence-corrected chi connectivity index (χ4v) is 5.21. The number of nitrogens with one attached hydrogen (secondary N) is 2. The van der Waals surface area contributed by atoms with Gasteiger partial charge in [0.25, 0.3) is 18.2 Å². The Morgan fingerprint density at radius 2 is 1.95 bits per heavy atom. The van der Waals surface area contributed by atoms with E-state index in [4.69, 9.17) is 27.9 Å². The summed E-state index contributed by atoms with van der Waals surface area (Å²) in [6, 6.07) is 7.10. The van der Waals surface area contributed by atoms with Crippen LogP contribution in [0.3, 0.4) is 0 Å². The summed E-state index contributed by atoms with van der Waals surface area (Å²) in [6.07, 6.45) is -1.98. The molecule has 2 aromatic heterocycles. The molecule has 0 saturated carbocycles. The van der Waals surface area contributed by atoms with Crippen molar-refractivity contribution in [1.82, 2.24) is 20.1 Å². The molecule has 196 valence electrons. The van der Waals surface area contributed by atoms with Gasteiger partial charge in [0, 0.05) is 17.3 Å². The number of pyridine rings is 1. The lowest BCUT2D eigenvalue weighted by Crippen LogP contribution is -2.45. The predicted octanol–water partition coefficient (Wildman–Crippen LogP) is 3.31. The van der Waals surface area contributed by atoms with Crippen molar-refractivity contribution in [3.8, 4) is 11.7 Å². The SMILES string of the molecule is Cc1cc(Cl)cc(C(=O)NCC(F)F)c1NC(=O)c1cc(OC2CS(=O)(=O)C2)nn1-c1ncccc1Cl. The van der Waals surface area contributed by atoms with Gasteiger partial charge in [0.05, 0.1) is 34.3 Å². The molecule has 3 heterocycles. The van der Waals surface area contributed by atoms with Crippen LogP contribution in [-0.2, 0) is 9.84 Å². The number of aryl methyl sites for hydroxylation is 1. The van der Waals surface area contributed by atoms with E-state index in [0.717, 1.165) is 4.68 Å². The third-order valence-corrected chi connectivity index (χ3v) is 7.50. The summed E-state index contributed by atoms with van der Waals surface area (Å²) in [7, 11) is -3.17. The minimum absolute atomic E-state index is 0.0357. The average molecular weight is 574 g/mol. The quantitative estimate of drug-likeness (QED) is 0.422. The lowest BCUT2D eigenvalue weighted by atomic mass is 10.1. The van der Waals surface area contributed by atoms with Crippen LogP contribution >= 0.6 is 23.2 Å². The molecule has 0 bridgehead atoms. The Hall–Kier alpha value is -3.29. The summed E-state index contributed by atoms with van der Waals surface area (Å²) in [5.41, 5.74) is 0.192. The van der Waals surface area contributed by atoms with Crippen LogP contribution in [0.25, 0.3) is 5.82 Å². The maximum absolute atomic E-state index is 13.4. The Morgan fingerprint density at radius 3 is 2.59 bits per heavy atom. The first-order chi connectivity index (χ1) is 17.4. The van der Waals surface area contributed by atoms with Gasteiger partial charge in [0.1, 0.15) is 11.8 Å². The number of halogens is 4. The molecule has 1 aromatic carbocycles. The lowest BCUT2D eigenvalue weighted by Gasteiger charge is -2.25. The fraction of sp³-hybridized carbons (Fsp3) is 0.273. The number of benzene rings is 1. The van der Waals surface area contributed by atoms with Crippen molar-refractivity contribution >= 4 is 50.5 Å². The molecule has 4 rings (SSSR count). The Morgan fingerprint density at radius 1 is 1.22 bits per heavy atom. The second-order valence-electron chi connectivity index (χ2n) is 8.11. The molecule has 0 radical (unpaired) electrons. The summed E-state index contributed by atoms with van der Waals surface area (Å²) in [5.74, 6) is -1.96. The molecule has 1 aliphatic rings. The number of sulfone groups is 1. The molecule has 1 fully saturated rings. The van der Waals surface area contributed by atoms with Crippen LogP contribution in [0.4, 0.5) is 14.5 Å². The molecule has 15 heteroatoms. The molecule has 2 N–H and O–H groups in total. The number of alkyl halides is 2. The van der Waals surface area contributed by atoms with E-state index in [0.29, 0.717) is 5.56 Å². The van der Waals surface area contributed by atoms with Crippen LogP contribution in [0.5, 0.6) is 5.88 Å². The van der Waals surface area contributed by atoms with E-state index in [2.05, 4.69) is 20.7 Å². The smallest absolute Gasteiger partial charge is 0.274 e. The third kappa shape index (κ3) is 6.17. The normalized spacial score (nSPS) is 14.8. The molecule has 0 aliphatic carbocycles. The number of carbonyl (C=O) groups is 2. The van der Waals surface area contributed by atoms with Gasteiger partial charge in [-0.15, -0.1) is 5.10 Å². The van der Waals surface area contributed by atoms with Crippen LogP contribution in [0.1, 0.15) is 26.4 Å². The second-order valence-corrected chi connectivity index (χ2v) is 11.1. The number of nitrogens with zero attached hydrogens (tertiary/aromatic N) is 3. The highest BCUT2D eigenvalue weighted by atomic mass is 35.5. The van der Waals surface area contributed by atoms with E-state index < -0.39 is 40.7 Å². The number of hydrogen-bond acceptors (Lipinski definition) is 7. The van der Waals surface area contributed by atoms with Crippen LogP contribution in [0, 0.1) is 6.92 Å². The highest BCUT2D eigenvalue weighted by Gasteiger charge is 2.36. The molecule has 37 heavy (non-hydrogen) atoms. The van der Waals surface area contributed by atoms with Gasteiger partial charge in [0.2, 0.25) is 5.88 Å². The van der Waals surface area contributed by atoms with E-state index in [9.17, 15) is 26.8 Å².